The summed E-state index contributed by atoms with van der Waals surface area (Å²) in [5, 5.41) is 3.35. The van der Waals surface area contributed by atoms with Gasteiger partial charge < -0.3 is 19.5 Å². The summed E-state index contributed by atoms with van der Waals surface area (Å²) in [5.41, 5.74) is 3.59. The van der Waals surface area contributed by atoms with E-state index in [1.54, 1.807) is 0 Å². The van der Waals surface area contributed by atoms with Gasteiger partial charge in [-0.3, -0.25) is 4.79 Å². The van der Waals surface area contributed by atoms with Crippen molar-refractivity contribution in [1.82, 2.24) is 0 Å². The Morgan fingerprint density at radius 3 is 2.43 bits per heavy atom. The van der Waals surface area contributed by atoms with Gasteiger partial charge in [-0.25, -0.2) is 0 Å². The van der Waals surface area contributed by atoms with Crippen LogP contribution in [0.4, 0.5) is 5.69 Å². The molecule has 6 rings (SSSR count). The molecule has 146 valence electrons. The van der Waals surface area contributed by atoms with Crippen LogP contribution >= 0.6 is 11.6 Å². The smallest absolute Gasteiger partial charge is 0.224 e. The summed E-state index contributed by atoms with van der Waals surface area (Å²) in [6.45, 7) is 2.73. The Balaban J connectivity index is 0.000000208. The molecule has 3 aliphatic heterocycles. The highest BCUT2D eigenvalue weighted by Crippen LogP contribution is 2.52. The van der Waals surface area contributed by atoms with Crippen molar-refractivity contribution in [3.8, 4) is 17.2 Å². The van der Waals surface area contributed by atoms with E-state index < -0.39 is 0 Å². The number of halogens is 1. The van der Waals surface area contributed by atoms with E-state index >= 15 is 0 Å². The summed E-state index contributed by atoms with van der Waals surface area (Å²) in [6.07, 6.45) is 3.22. The van der Waals surface area contributed by atoms with Crippen molar-refractivity contribution in [2.45, 2.75) is 24.7 Å². The van der Waals surface area contributed by atoms with E-state index in [1.165, 1.54) is 23.2 Å². The second-order valence-electron chi connectivity index (χ2n) is 7.69. The molecule has 2 aromatic rings. The van der Waals surface area contributed by atoms with E-state index in [4.69, 9.17) is 25.8 Å². The molecule has 1 fully saturated rings. The lowest BCUT2D eigenvalue weighted by atomic mass is 9.77. The number of nitrogens with one attached hydrogen (secondary N) is 1. The molecule has 0 bridgehead atoms. The normalized spacial score (nSPS) is 23.5. The maximum absolute atomic E-state index is 10.2. The average molecular weight is 400 g/mol. The number of rotatable bonds is 1. The van der Waals surface area contributed by atoms with E-state index in [0.29, 0.717) is 19.8 Å². The Labute approximate surface area is 168 Å². The van der Waals surface area contributed by atoms with Crippen LogP contribution in [0, 0.1) is 5.92 Å². The fraction of sp³-hybridized carbons (Fsp3) is 0.409. The maximum atomic E-state index is 10.2. The number of benzene rings is 2. The fourth-order valence-corrected chi connectivity index (χ4v) is 4.46. The number of fused-ring (bicyclic) bond motifs is 5. The summed E-state index contributed by atoms with van der Waals surface area (Å²) in [7, 11) is 0. The van der Waals surface area contributed by atoms with Crippen molar-refractivity contribution < 1.29 is 19.0 Å². The first-order valence-electron chi connectivity index (χ1n) is 9.77. The highest BCUT2D eigenvalue weighted by molar-refractivity contribution is 6.64. The van der Waals surface area contributed by atoms with Crippen molar-refractivity contribution in [3.05, 3.63) is 47.5 Å². The number of ether oxygens (including phenoxy) is 3. The van der Waals surface area contributed by atoms with Crippen LogP contribution in [0.1, 0.15) is 30.4 Å². The van der Waals surface area contributed by atoms with Crippen LogP contribution in [0.25, 0.3) is 0 Å². The molecule has 1 atom stereocenters. The van der Waals surface area contributed by atoms with E-state index in [1.807, 2.05) is 6.07 Å². The third kappa shape index (κ3) is 2.80. The molecule has 1 unspecified atom stereocenters. The van der Waals surface area contributed by atoms with Gasteiger partial charge in [0.05, 0.1) is 5.41 Å². The van der Waals surface area contributed by atoms with Gasteiger partial charge >= 0.3 is 0 Å². The van der Waals surface area contributed by atoms with E-state index in [-0.39, 0.29) is 16.6 Å². The number of hydrogen-bond donors (Lipinski definition) is 1. The molecule has 5 nitrogen and oxygen atoms in total. The second kappa shape index (κ2) is 6.89. The van der Waals surface area contributed by atoms with Gasteiger partial charge in [0, 0.05) is 29.8 Å². The van der Waals surface area contributed by atoms with E-state index in [9.17, 15) is 4.79 Å². The largest absolute Gasteiger partial charge is 0.492 e. The minimum absolute atomic E-state index is 0.109. The number of hydrogen-bond acceptors (Lipinski definition) is 5. The minimum Gasteiger partial charge on any atom is -0.492 e. The zero-order chi connectivity index (χ0) is 19.1. The van der Waals surface area contributed by atoms with Gasteiger partial charge in [-0.15, -0.1) is 0 Å². The zero-order valence-electron chi connectivity index (χ0n) is 15.5. The summed E-state index contributed by atoms with van der Waals surface area (Å²) < 4.78 is 17.4. The summed E-state index contributed by atoms with van der Waals surface area (Å²) in [6, 6.07) is 12.5. The van der Waals surface area contributed by atoms with Crippen LogP contribution in [0.15, 0.2) is 36.4 Å². The van der Waals surface area contributed by atoms with Crippen molar-refractivity contribution in [2.24, 2.45) is 5.92 Å². The molecule has 0 amide bonds. The Morgan fingerprint density at radius 2 is 1.75 bits per heavy atom. The first-order valence-corrected chi connectivity index (χ1v) is 10.1. The summed E-state index contributed by atoms with van der Waals surface area (Å²) in [5.74, 6) is 2.74. The van der Waals surface area contributed by atoms with Crippen LogP contribution in [-0.2, 0) is 10.2 Å². The molecule has 2 aromatic carbocycles. The van der Waals surface area contributed by atoms with Gasteiger partial charge in [-0.2, -0.15) is 0 Å². The molecule has 1 aliphatic carbocycles. The predicted octanol–water partition coefficient (Wildman–Crippen LogP) is 4.11. The fourth-order valence-electron chi connectivity index (χ4n) is 4.24. The molecular weight excluding hydrogens is 378 g/mol. The topological polar surface area (TPSA) is 56.8 Å². The molecular formula is C22H22ClNO4. The van der Waals surface area contributed by atoms with Crippen LogP contribution in [0.2, 0.25) is 0 Å². The Bertz CT molecular complexity index is 927. The molecule has 6 heteroatoms. The molecule has 3 heterocycles. The Kier molecular flexibility index (Phi) is 4.35. The molecule has 1 spiro atoms. The standard InChI is InChI=1S/C17H15NO3.C5H7ClO/c1-2-4-13-11(3-1)17(9-18-13)10-21-14-8-16-15(7-12(14)17)19-5-6-20-16;6-5(7)4-2-1-3-4/h1-4,7-8,18H,5-6,9-10H2;4H,1-3H2. The van der Waals surface area contributed by atoms with Gasteiger partial charge in [0.25, 0.3) is 0 Å². The zero-order valence-corrected chi connectivity index (χ0v) is 16.3. The first kappa shape index (κ1) is 17.7. The monoisotopic (exact) mass is 399 g/mol. The summed E-state index contributed by atoms with van der Waals surface area (Å²) >= 11 is 5.14. The molecule has 1 saturated carbocycles. The van der Waals surface area contributed by atoms with Crippen LogP contribution < -0.4 is 19.5 Å². The number of anilines is 1. The third-order valence-corrected chi connectivity index (χ3v) is 6.39. The predicted molar refractivity (Wildman–Crippen MR) is 107 cm³/mol. The van der Waals surface area contributed by atoms with Gasteiger partial charge in [-0.05, 0) is 42.1 Å². The Hall–Kier alpha value is -2.40. The van der Waals surface area contributed by atoms with Crippen LogP contribution in [0.5, 0.6) is 17.2 Å². The quantitative estimate of drug-likeness (QED) is 0.731. The summed E-state index contributed by atoms with van der Waals surface area (Å²) in [4.78, 5) is 10.2. The van der Waals surface area contributed by atoms with Gasteiger partial charge in [0.15, 0.2) is 11.5 Å². The number of carbonyl (C=O) groups is 1. The Morgan fingerprint density at radius 1 is 1.00 bits per heavy atom. The lowest BCUT2D eigenvalue weighted by molar-refractivity contribution is -0.117. The highest BCUT2D eigenvalue weighted by Gasteiger charge is 2.47. The molecule has 4 aliphatic rings. The second-order valence-corrected chi connectivity index (χ2v) is 8.07. The van der Waals surface area contributed by atoms with Gasteiger partial charge in [-0.1, -0.05) is 24.6 Å². The SMILES string of the molecule is O=C(Cl)C1CCC1.c1ccc2c(c1)NCC21COc2cc3c(cc21)OCCO3. The molecule has 0 saturated heterocycles. The van der Waals surface area contributed by atoms with E-state index in [0.717, 1.165) is 36.6 Å². The average Bonchev–Trinajstić information content (AvgIpc) is 3.21. The van der Waals surface area contributed by atoms with Gasteiger partial charge in [0.1, 0.15) is 25.6 Å². The minimum atomic E-state index is -0.147. The van der Waals surface area contributed by atoms with Crippen LogP contribution in [0.3, 0.4) is 0 Å². The molecule has 0 aromatic heterocycles. The first-order chi connectivity index (χ1) is 13.7. The lowest BCUT2D eigenvalue weighted by Gasteiger charge is -2.24. The molecule has 0 radical (unpaired) electrons. The lowest BCUT2D eigenvalue weighted by Crippen LogP contribution is -2.31. The molecule has 1 N–H and O–H groups in total. The van der Waals surface area contributed by atoms with Crippen molar-refractivity contribution in [2.75, 3.05) is 31.7 Å². The van der Waals surface area contributed by atoms with Crippen molar-refractivity contribution >= 4 is 22.5 Å². The van der Waals surface area contributed by atoms with Crippen molar-refractivity contribution in [1.29, 1.82) is 0 Å². The van der Waals surface area contributed by atoms with Crippen molar-refractivity contribution in [3.63, 3.8) is 0 Å². The van der Waals surface area contributed by atoms with E-state index in [2.05, 4.69) is 35.6 Å². The van der Waals surface area contributed by atoms with Crippen LogP contribution in [-0.4, -0.2) is 31.6 Å². The number of para-hydroxylation sites is 1. The third-order valence-electron chi connectivity index (χ3n) is 6.08. The maximum Gasteiger partial charge on any atom is 0.224 e. The number of carbonyl (C=O) groups excluding carboxylic acids is 1. The molecule has 28 heavy (non-hydrogen) atoms. The van der Waals surface area contributed by atoms with Gasteiger partial charge in [0.2, 0.25) is 5.24 Å². The highest BCUT2D eigenvalue weighted by atomic mass is 35.5.